The van der Waals surface area contributed by atoms with E-state index in [-0.39, 0.29) is 0 Å². The van der Waals surface area contributed by atoms with Gasteiger partial charge in [-0.05, 0) is 19.1 Å². The lowest BCUT2D eigenvalue weighted by atomic mass is 10.1. The number of ether oxygens (including phenoxy) is 1. The van der Waals surface area contributed by atoms with E-state index in [9.17, 15) is 0 Å². The summed E-state index contributed by atoms with van der Waals surface area (Å²) in [5.41, 5.74) is 6.25. The van der Waals surface area contributed by atoms with Gasteiger partial charge in [0.15, 0.2) is 0 Å². The molecule has 1 atom stereocenters. The molecule has 0 aliphatic rings. The SMILES string of the molecule is COC(C)(CN)c1nc2ccccc2s1. The third kappa shape index (κ3) is 1.76. The monoisotopic (exact) mass is 222 g/mol. The van der Waals surface area contributed by atoms with Crippen molar-refractivity contribution in [3.63, 3.8) is 0 Å². The molecule has 4 heteroatoms. The molecule has 15 heavy (non-hydrogen) atoms. The van der Waals surface area contributed by atoms with Gasteiger partial charge in [0.25, 0.3) is 0 Å². The van der Waals surface area contributed by atoms with E-state index in [1.54, 1.807) is 18.4 Å². The molecule has 0 saturated carbocycles. The van der Waals surface area contributed by atoms with E-state index >= 15 is 0 Å². The molecule has 2 rings (SSSR count). The molecular weight excluding hydrogens is 208 g/mol. The predicted octanol–water partition coefficient (Wildman–Crippen LogP) is 2.12. The Morgan fingerprint density at radius 1 is 1.47 bits per heavy atom. The first-order valence-corrected chi connectivity index (χ1v) is 5.62. The van der Waals surface area contributed by atoms with Crippen molar-refractivity contribution in [3.8, 4) is 0 Å². The minimum absolute atomic E-state index is 0.434. The zero-order chi connectivity index (χ0) is 10.9. The van der Waals surface area contributed by atoms with Crippen LogP contribution < -0.4 is 5.73 Å². The topological polar surface area (TPSA) is 48.1 Å². The Labute approximate surface area is 92.9 Å². The van der Waals surface area contributed by atoms with E-state index in [1.165, 1.54) is 4.70 Å². The van der Waals surface area contributed by atoms with E-state index < -0.39 is 5.60 Å². The Morgan fingerprint density at radius 3 is 2.80 bits per heavy atom. The van der Waals surface area contributed by atoms with Crippen molar-refractivity contribution in [2.24, 2.45) is 5.73 Å². The molecule has 0 radical (unpaired) electrons. The second-order valence-electron chi connectivity index (χ2n) is 3.63. The Bertz CT molecular complexity index is 429. The first-order valence-electron chi connectivity index (χ1n) is 4.81. The van der Waals surface area contributed by atoms with Gasteiger partial charge in [0.2, 0.25) is 0 Å². The zero-order valence-electron chi connectivity index (χ0n) is 8.86. The van der Waals surface area contributed by atoms with E-state index in [0.717, 1.165) is 10.5 Å². The number of nitrogens with two attached hydrogens (primary N) is 1. The molecule has 3 nitrogen and oxygen atoms in total. The Balaban J connectivity index is 2.52. The quantitative estimate of drug-likeness (QED) is 0.865. The van der Waals surface area contributed by atoms with Gasteiger partial charge in [0.05, 0.1) is 10.2 Å². The fourth-order valence-corrected chi connectivity index (χ4v) is 2.46. The molecular formula is C11H14N2OS. The lowest BCUT2D eigenvalue weighted by Crippen LogP contribution is -2.33. The third-order valence-corrected chi connectivity index (χ3v) is 3.87. The van der Waals surface area contributed by atoms with Gasteiger partial charge in [-0.25, -0.2) is 4.98 Å². The number of rotatable bonds is 3. The molecule has 0 fully saturated rings. The van der Waals surface area contributed by atoms with Crippen LogP contribution in [0.25, 0.3) is 10.2 Å². The summed E-state index contributed by atoms with van der Waals surface area (Å²) >= 11 is 1.64. The van der Waals surface area contributed by atoms with Gasteiger partial charge in [-0.2, -0.15) is 0 Å². The van der Waals surface area contributed by atoms with Crippen LogP contribution in [0, 0.1) is 0 Å². The molecule has 0 spiro atoms. The summed E-state index contributed by atoms with van der Waals surface area (Å²) in [7, 11) is 1.67. The van der Waals surface area contributed by atoms with Crippen LogP contribution in [0.2, 0.25) is 0 Å². The molecule has 0 aliphatic heterocycles. The van der Waals surface area contributed by atoms with Gasteiger partial charge in [-0.15, -0.1) is 11.3 Å². The number of hydrogen-bond acceptors (Lipinski definition) is 4. The van der Waals surface area contributed by atoms with E-state index in [2.05, 4.69) is 11.1 Å². The van der Waals surface area contributed by atoms with Gasteiger partial charge in [-0.1, -0.05) is 12.1 Å². The first kappa shape index (κ1) is 10.5. The Morgan fingerprint density at radius 2 is 2.20 bits per heavy atom. The average Bonchev–Trinajstić information content (AvgIpc) is 2.72. The maximum absolute atomic E-state index is 5.71. The van der Waals surface area contributed by atoms with Crippen molar-refractivity contribution >= 4 is 21.6 Å². The van der Waals surface area contributed by atoms with Crippen LogP contribution in [0.5, 0.6) is 0 Å². The molecule has 1 heterocycles. The predicted molar refractivity (Wildman–Crippen MR) is 63.0 cm³/mol. The molecule has 0 aliphatic carbocycles. The van der Waals surface area contributed by atoms with Crippen LogP contribution in [0.15, 0.2) is 24.3 Å². The number of para-hydroxylation sites is 1. The number of benzene rings is 1. The van der Waals surface area contributed by atoms with Crippen molar-refractivity contribution in [1.82, 2.24) is 4.98 Å². The molecule has 0 bridgehead atoms. The standard InChI is InChI=1S/C11H14N2OS/c1-11(7-12,14-2)10-13-8-5-3-4-6-9(8)15-10/h3-6H,7,12H2,1-2H3. The smallest absolute Gasteiger partial charge is 0.128 e. The van der Waals surface area contributed by atoms with Crippen LogP contribution in [-0.2, 0) is 10.3 Å². The molecule has 80 valence electrons. The Hall–Kier alpha value is -0.970. The van der Waals surface area contributed by atoms with Crippen molar-refractivity contribution in [3.05, 3.63) is 29.3 Å². The molecule has 2 N–H and O–H groups in total. The number of aromatic nitrogens is 1. The van der Waals surface area contributed by atoms with Crippen LogP contribution in [0.3, 0.4) is 0 Å². The summed E-state index contributed by atoms with van der Waals surface area (Å²) in [6, 6.07) is 8.06. The second kappa shape index (κ2) is 3.89. The van der Waals surface area contributed by atoms with Gasteiger partial charge in [0.1, 0.15) is 10.6 Å². The second-order valence-corrected chi connectivity index (χ2v) is 4.66. The van der Waals surface area contributed by atoms with Gasteiger partial charge in [-0.3, -0.25) is 0 Å². The summed E-state index contributed by atoms with van der Waals surface area (Å²) in [5, 5.41) is 0.939. The maximum Gasteiger partial charge on any atom is 0.128 e. The number of hydrogen-bond donors (Lipinski definition) is 1. The third-order valence-electron chi connectivity index (χ3n) is 2.59. The summed E-state index contributed by atoms with van der Waals surface area (Å²) in [4.78, 5) is 4.54. The minimum Gasteiger partial charge on any atom is -0.370 e. The highest BCUT2D eigenvalue weighted by atomic mass is 32.1. The maximum atomic E-state index is 5.71. The average molecular weight is 222 g/mol. The van der Waals surface area contributed by atoms with Crippen LogP contribution in [-0.4, -0.2) is 18.6 Å². The van der Waals surface area contributed by atoms with Gasteiger partial charge in [0, 0.05) is 13.7 Å². The highest BCUT2D eigenvalue weighted by molar-refractivity contribution is 7.18. The summed E-state index contributed by atoms with van der Waals surface area (Å²) < 4.78 is 6.60. The molecule has 0 saturated heterocycles. The van der Waals surface area contributed by atoms with Crippen LogP contribution in [0.1, 0.15) is 11.9 Å². The zero-order valence-corrected chi connectivity index (χ0v) is 9.67. The highest BCUT2D eigenvalue weighted by Gasteiger charge is 2.28. The largest absolute Gasteiger partial charge is 0.370 e. The van der Waals surface area contributed by atoms with E-state index in [1.807, 2.05) is 25.1 Å². The van der Waals surface area contributed by atoms with Crippen molar-refractivity contribution in [1.29, 1.82) is 0 Å². The number of nitrogens with zero attached hydrogens (tertiary/aromatic N) is 1. The van der Waals surface area contributed by atoms with Crippen LogP contribution >= 0.6 is 11.3 Å². The minimum atomic E-state index is -0.469. The number of methoxy groups -OCH3 is 1. The van der Waals surface area contributed by atoms with E-state index in [0.29, 0.717) is 6.54 Å². The fraction of sp³-hybridized carbons (Fsp3) is 0.364. The molecule has 1 aromatic heterocycles. The first-order chi connectivity index (χ1) is 7.19. The fourth-order valence-electron chi connectivity index (χ4n) is 1.36. The summed E-state index contributed by atoms with van der Waals surface area (Å²) in [5.74, 6) is 0. The van der Waals surface area contributed by atoms with Crippen molar-refractivity contribution < 1.29 is 4.74 Å². The lowest BCUT2D eigenvalue weighted by molar-refractivity contribution is 0.0101. The lowest BCUT2D eigenvalue weighted by Gasteiger charge is -2.23. The van der Waals surface area contributed by atoms with Gasteiger partial charge < -0.3 is 10.5 Å². The number of thiazole rings is 1. The Kier molecular flexibility index (Phi) is 2.73. The number of fused-ring (bicyclic) bond motifs is 1. The normalized spacial score (nSPS) is 15.4. The van der Waals surface area contributed by atoms with E-state index in [4.69, 9.17) is 10.5 Å². The molecule has 0 amide bonds. The highest BCUT2D eigenvalue weighted by Crippen LogP contribution is 2.31. The molecule has 1 aromatic carbocycles. The van der Waals surface area contributed by atoms with Crippen molar-refractivity contribution in [2.75, 3.05) is 13.7 Å². The van der Waals surface area contributed by atoms with Gasteiger partial charge >= 0.3 is 0 Å². The van der Waals surface area contributed by atoms with Crippen molar-refractivity contribution in [2.45, 2.75) is 12.5 Å². The molecule has 1 unspecified atom stereocenters. The summed E-state index contributed by atoms with van der Waals surface area (Å²) in [6.45, 7) is 2.40. The van der Waals surface area contributed by atoms with Crippen LogP contribution in [0.4, 0.5) is 0 Å². The summed E-state index contributed by atoms with van der Waals surface area (Å²) in [6.07, 6.45) is 0. The molecule has 2 aromatic rings.